The number of primary sulfonamides is 1. The van der Waals surface area contributed by atoms with Crippen LogP contribution in [-0.4, -0.2) is 27.5 Å². The zero-order valence-corrected chi connectivity index (χ0v) is 11.8. The van der Waals surface area contributed by atoms with E-state index >= 15 is 0 Å². The molecule has 0 aliphatic carbocycles. The summed E-state index contributed by atoms with van der Waals surface area (Å²) in [7, 11) is -3.73. The van der Waals surface area contributed by atoms with E-state index in [1.165, 1.54) is 18.2 Å². The Morgan fingerprint density at radius 1 is 1.42 bits per heavy atom. The molecule has 0 fully saturated rings. The van der Waals surface area contributed by atoms with Crippen LogP contribution in [0.3, 0.4) is 0 Å². The number of carbonyl (C=O) groups excluding carboxylic acids is 1. The zero-order valence-electron chi connectivity index (χ0n) is 11.0. The van der Waals surface area contributed by atoms with Gasteiger partial charge >= 0.3 is 0 Å². The largest absolute Gasteiger partial charge is 0.484 e. The Hall–Kier alpha value is -1.60. The number of rotatable bonds is 6. The molecular formula is C12H18N2O4S. The van der Waals surface area contributed by atoms with Gasteiger partial charge in [0.05, 0.1) is 4.90 Å². The molecule has 3 N–H and O–H groups in total. The molecule has 1 rings (SSSR count). The minimum absolute atomic E-state index is 0.0512. The van der Waals surface area contributed by atoms with Crippen LogP contribution in [0.15, 0.2) is 23.1 Å². The van der Waals surface area contributed by atoms with E-state index in [9.17, 15) is 13.2 Å². The average molecular weight is 286 g/mol. The highest BCUT2D eigenvalue weighted by Crippen LogP contribution is 2.20. The van der Waals surface area contributed by atoms with Gasteiger partial charge in [0.2, 0.25) is 10.0 Å². The standard InChI is InChI=1S/C12H18N2O4S/c1-3-6-14-12(15)8-18-10-4-5-11(9(2)7-10)19(13,16)17/h4-5,7H,3,6,8H2,1-2H3,(H,14,15)(H2,13,16,17). The maximum Gasteiger partial charge on any atom is 0.257 e. The van der Waals surface area contributed by atoms with Gasteiger partial charge in [-0.2, -0.15) is 0 Å². The molecule has 6 nitrogen and oxygen atoms in total. The number of benzene rings is 1. The minimum atomic E-state index is -3.73. The van der Waals surface area contributed by atoms with E-state index < -0.39 is 10.0 Å². The van der Waals surface area contributed by atoms with Crippen molar-refractivity contribution < 1.29 is 17.9 Å². The first-order valence-electron chi connectivity index (χ1n) is 5.87. The number of aryl methyl sites for hydroxylation is 1. The summed E-state index contributed by atoms with van der Waals surface area (Å²) < 4.78 is 27.7. The van der Waals surface area contributed by atoms with Gasteiger partial charge in [-0.15, -0.1) is 0 Å². The summed E-state index contributed by atoms with van der Waals surface area (Å²) in [5.74, 6) is 0.214. The molecule has 7 heteroatoms. The summed E-state index contributed by atoms with van der Waals surface area (Å²) in [5.41, 5.74) is 0.481. The lowest BCUT2D eigenvalue weighted by atomic mass is 10.2. The van der Waals surface area contributed by atoms with Crippen molar-refractivity contribution in [1.82, 2.24) is 5.32 Å². The quantitative estimate of drug-likeness (QED) is 0.797. The number of nitrogens with two attached hydrogens (primary N) is 1. The van der Waals surface area contributed by atoms with Gasteiger partial charge < -0.3 is 10.1 Å². The SMILES string of the molecule is CCCNC(=O)COc1ccc(S(N)(=O)=O)c(C)c1. The molecule has 0 atom stereocenters. The fourth-order valence-corrected chi connectivity index (χ4v) is 2.26. The van der Waals surface area contributed by atoms with Crippen molar-refractivity contribution in [1.29, 1.82) is 0 Å². The molecule has 0 saturated carbocycles. The van der Waals surface area contributed by atoms with Crippen LogP contribution in [0.25, 0.3) is 0 Å². The Morgan fingerprint density at radius 2 is 2.11 bits per heavy atom. The molecule has 106 valence electrons. The summed E-state index contributed by atoms with van der Waals surface area (Å²) in [4.78, 5) is 11.4. The number of amides is 1. The maximum absolute atomic E-state index is 11.3. The van der Waals surface area contributed by atoms with Gasteiger partial charge in [0.15, 0.2) is 6.61 Å². The van der Waals surface area contributed by atoms with E-state index in [0.29, 0.717) is 17.9 Å². The molecule has 1 amide bonds. The van der Waals surface area contributed by atoms with Crippen molar-refractivity contribution in [3.63, 3.8) is 0 Å². The lowest BCUT2D eigenvalue weighted by Crippen LogP contribution is -2.29. The van der Waals surface area contributed by atoms with Crippen LogP contribution in [0.5, 0.6) is 5.75 Å². The zero-order chi connectivity index (χ0) is 14.5. The van der Waals surface area contributed by atoms with Gasteiger partial charge in [0.1, 0.15) is 5.75 Å². The van der Waals surface area contributed by atoms with Crippen LogP contribution in [0.4, 0.5) is 0 Å². The molecule has 0 aliphatic heterocycles. The van der Waals surface area contributed by atoms with Gasteiger partial charge in [-0.3, -0.25) is 4.79 Å². The van der Waals surface area contributed by atoms with E-state index in [4.69, 9.17) is 9.88 Å². The number of nitrogens with one attached hydrogen (secondary N) is 1. The van der Waals surface area contributed by atoms with Crippen molar-refractivity contribution in [3.05, 3.63) is 23.8 Å². The van der Waals surface area contributed by atoms with Crippen LogP contribution in [-0.2, 0) is 14.8 Å². The van der Waals surface area contributed by atoms with Gasteiger partial charge in [-0.25, -0.2) is 13.6 Å². The van der Waals surface area contributed by atoms with Crippen LogP contribution in [0, 0.1) is 6.92 Å². The first kappa shape index (κ1) is 15.5. The van der Waals surface area contributed by atoms with Gasteiger partial charge in [-0.05, 0) is 37.1 Å². The molecule has 1 aromatic rings. The molecular weight excluding hydrogens is 268 g/mol. The summed E-state index contributed by atoms with van der Waals surface area (Å²) in [5, 5.41) is 7.73. The average Bonchev–Trinajstić information content (AvgIpc) is 2.32. The van der Waals surface area contributed by atoms with Gasteiger partial charge in [0.25, 0.3) is 5.91 Å². The van der Waals surface area contributed by atoms with E-state index in [0.717, 1.165) is 6.42 Å². The first-order chi connectivity index (χ1) is 8.84. The Labute approximate surface area is 113 Å². The third-order valence-corrected chi connectivity index (χ3v) is 3.47. The molecule has 0 saturated heterocycles. The van der Waals surface area contributed by atoms with E-state index in [1.54, 1.807) is 6.92 Å². The molecule has 0 spiro atoms. The fraction of sp³-hybridized carbons (Fsp3) is 0.417. The predicted molar refractivity (Wildman–Crippen MR) is 71.3 cm³/mol. The lowest BCUT2D eigenvalue weighted by molar-refractivity contribution is -0.123. The maximum atomic E-state index is 11.3. The second-order valence-corrected chi connectivity index (χ2v) is 5.64. The highest BCUT2D eigenvalue weighted by molar-refractivity contribution is 7.89. The van der Waals surface area contributed by atoms with Crippen molar-refractivity contribution >= 4 is 15.9 Å². The first-order valence-corrected chi connectivity index (χ1v) is 7.42. The monoisotopic (exact) mass is 286 g/mol. The smallest absolute Gasteiger partial charge is 0.257 e. The summed E-state index contributed by atoms with van der Waals surface area (Å²) >= 11 is 0. The Balaban J connectivity index is 2.67. The van der Waals surface area contributed by atoms with Crippen molar-refractivity contribution in [2.24, 2.45) is 5.14 Å². The molecule has 0 aliphatic rings. The Morgan fingerprint density at radius 3 is 2.63 bits per heavy atom. The minimum Gasteiger partial charge on any atom is -0.484 e. The summed E-state index contributed by atoms with van der Waals surface area (Å²) in [6, 6.07) is 4.37. The highest BCUT2D eigenvalue weighted by Gasteiger charge is 2.12. The Bertz CT molecular complexity index is 555. The second-order valence-electron chi connectivity index (χ2n) is 4.11. The van der Waals surface area contributed by atoms with E-state index in [2.05, 4.69) is 5.32 Å². The van der Waals surface area contributed by atoms with Crippen LogP contribution >= 0.6 is 0 Å². The number of sulfonamides is 1. The fourth-order valence-electron chi connectivity index (χ4n) is 1.50. The molecule has 0 radical (unpaired) electrons. The van der Waals surface area contributed by atoms with Crippen LogP contribution < -0.4 is 15.2 Å². The third-order valence-electron chi connectivity index (χ3n) is 2.40. The summed E-state index contributed by atoms with van der Waals surface area (Å²) in [6.07, 6.45) is 0.855. The molecule has 0 heterocycles. The molecule has 0 aromatic heterocycles. The number of carbonyl (C=O) groups is 1. The topological polar surface area (TPSA) is 98.5 Å². The van der Waals surface area contributed by atoms with E-state index in [-0.39, 0.29) is 17.4 Å². The van der Waals surface area contributed by atoms with Crippen molar-refractivity contribution in [2.75, 3.05) is 13.2 Å². The molecule has 19 heavy (non-hydrogen) atoms. The highest BCUT2D eigenvalue weighted by atomic mass is 32.2. The lowest BCUT2D eigenvalue weighted by Gasteiger charge is -2.09. The van der Waals surface area contributed by atoms with E-state index in [1.807, 2.05) is 6.92 Å². The summed E-state index contributed by atoms with van der Waals surface area (Å²) in [6.45, 7) is 4.07. The second kappa shape index (κ2) is 6.53. The molecule has 0 unspecified atom stereocenters. The molecule has 1 aromatic carbocycles. The van der Waals surface area contributed by atoms with Crippen LogP contribution in [0.1, 0.15) is 18.9 Å². The van der Waals surface area contributed by atoms with Crippen molar-refractivity contribution in [3.8, 4) is 5.75 Å². The Kier molecular flexibility index (Phi) is 5.31. The van der Waals surface area contributed by atoms with Crippen molar-refractivity contribution in [2.45, 2.75) is 25.2 Å². The predicted octanol–water partition coefficient (Wildman–Crippen LogP) is 0.547. The normalized spacial score (nSPS) is 11.1. The number of hydrogen-bond donors (Lipinski definition) is 2. The molecule has 0 bridgehead atoms. The number of ether oxygens (including phenoxy) is 1. The van der Waals surface area contributed by atoms with Gasteiger partial charge in [0, 0.05) is 6.54 Å². The van der Waals surface area contributed by atoms with Gasteiger partial charge in [-0.1, -0.05) is 6.92 Å². The van der Waals surface area contributed by atoms with Crippen LogP contribution in [0.2, 0.25) is 0 Å². The third kappa shape index (κ3) is 4.88. The number of hydrogen-bond acceptors (Lipinski definition) is 4.